The monoisotopic (exact) mass is 276 g/mol. The van der Waals surface area contributed by atoms with Crippen LogP contribution in [0.2, 0.25) is 0 Å². The highest BCUT2D eigenvalue weighted by atomic mass is 79.9. The van der Waals surface area contributed by atoms with Crippen LogP contribution in [0.1, 0.15) is 79.1 Å². The van der Waals surface area contributed by atoms with Crippen LogP contribution in [0.15, 0.2) is 0 Å². The van der Waals surface area contributed by atoms with Crippen LogP contribution in [-0.4, -0.2) is 4.32 Å². The molecule has 0 heterocycles. The molecule has 0 amide bonds. The van der Waals surface area contributed by atoms with Crippen LogP contribution in [0.4, 0.5) is 0 Å². The smallest absolute Gasteiger partial charge is 0.0258 e. The van der Waals surface area contributed by atoms with Crippen molar-refractivity contribution in [3.8, 4) is 0 Å². The first kappa shape index (κ1) is 15.5. The zero-order chi connectivity index (χ0) is 11.7. The van der Waals surface area contributed by atoms with E-state index >= 15 is 0 Å². The topological polar surface area (TPSA) is 0 Å². The van der Waals surface area contributed by atoms with Gasteiger partial charge in [0.1, 0.15) is 0 Å². The van der Waals surface area contributed by atoms with Crippen LogP contribution < -0.4 is 0 Å². The van der Waals surface area contributed by atoms with Gasteiger partial charge in [-0.1, -0.05) is 69.3 Å². The first-order chi connectivity index (χ1) is 7.04. The third-order valence-electron chi connectivity index (χ3n) is 3.13. The van der Waals surface area contributed by atoms with Gasteiger partial charge in [0, 0.05) is 4.32 Å². The van der Waals surface area contributed by atoms with Crippen molar-refractivity contribution in [1.29, 1.82) is 0 Å². The van der Waals surface area contributed by atoms with E-state index in [4.69, 9.17) is 0 Å². The van der Waals surface area contributed by atoms with Crippen molar-refractivity contribution in [3.05, 3.63) is 0 Å². The van der Waals surface area contributed by atoms with Gasteiger partial charge in [0.15, 0.2) is 0 Å². The van der Waals surface area contributed by atoms with E-state index < -0.39 is 0 Å². The van der Waals surface area contributed by atoms with Crippen LogP contribution in [0, 0.1) is 5.92 Å². The van der Waals surface area contributed by atoms with Crippen molar-refractivity contribution in [1.82, 2.24) is 0 Å². The molecule has 0 aliphatic heterocycles. The maximum absolute atomic E-state index is 4.02. The van der Waals surface area contributed by atoms with Crippen LogP contribution >= 0.6 is 15.9 Å². The van der Waals surface area contributed by atoms with E-state index in [0.29, 0.717) is 4.32 Å². The lowest BCUT2D eigenvalue weighted by atomic mass is 9.89. The van der Waals surface area contributed by atoms with Crippen LogP contribution in [0.5, 0.6) is 0 Å². The second-order valence-electron chi connectivity index (χ2n) is 5.29. The fourth-order valence-electron chi connectivity index (χ4n) is 1.91. The molecule has 0 rings (SSSR count). The highest BCUT2D eigenvalue weighted by Crippen LogP contribution is 2.36. The van der Waals surface area contributed by atoms with E-state index in [9.17, 15) is 0 Å². The van der Waals surface area contributed by atoms with Gasteiger partial charge in [0.25, 0.3) is 0 Å². The molecule has 0 aromatic carbocycles. The maximum atomic E-state index is 4.02. The second-order valence-corrected chi connectivity index (χ2v) is 6.97. The number of halogens is 1. The summed E-state index contributed by atoms with van der Waals surface area (Å²) in [6.07, 6.45) is 10.8. The van der Waals surface area contributed by atoms with Crippen LogP contribution in [-0.2, 0) is 0 Å². The van der Waals surface area contributed by atoms with Gasteiger partial charge < -0.3 is 0 Å². The van der Waals surface area contributed by atoms with Crippen LogP contribution in [0.25, 0.3) is 0 Å². The summed E-state index contributed by atoms with van der Waals surface area (Å²) >= 11 is 4.02. The predicted octanol–water partition coefficient (Wildman–Crippen LogP) is 5.94. The zero-order valence-electron chi connectivity index (χ0n) is 11.1. The Morgan fingerprint density at radius 3 is 1.73 bits per heavy atom. The fraction of sp³-hybridized carbons (Fsp3) is 1.00. The molecule has 0 saturated heterocycles. The first-order valence-corrected chi connectivity index (χ1v) is 7.52. The summed E-state index contributed by atoms with van der Waals surface area (Å²) in [6, 6.07) is 0. The highest BCUT2D eigenvalue weighted by molar-refractivity contribution is 9.10. The third kappa shape index (κ3) is 8.30. The minimum Gasteiger partial charge on any atom is -0.0853 e. The van der Waals surface area contributed by atoms with Crippen molar-refractivity contribution < 1.29 is 0 Å². The molecule has 0 bridgehead atoms. The molecule has 0 aliphatic carbocycles. The van der Waals surface area contributed by atoms with Crippen molar-refractivity contribution in [2.45, 2.75) is 83.4 Å². The van der Waals surface area contributed by atoms with Gasteiger partial charge in [0.2, 0.25) is 0 Å². The minimum atomic E-state index is 0.448. The van der Waals surface area contributed by atoms with Crippen molar-refractivity contribution >= 4 is 15.9 Å². The van der Waals surface area contributed by atoms with Crippen LogP contribution in [0.3, 0.4) is 0 Å². The molecule has 0 nitrogen and oxygen atoms in total. The van der Waals surface area contributed by atoms with Gasteiger partial charge in [0.05, 0.1) is 0 Å². The summed E-state index contributed by atoms with van der Waals surface area (Å²) < 4.78 is 0.448. The molecule has 0 aliphatic rings. The van der Waals surface area contributed by atoms with Crippen molar-refractivity contribution in [3.63, 3.8) is 0 Å². The first-order valence-electron chi connectivity index (χ1n) is 6.73. The Morgan fingerprint density at radius 2 is 1.40 bits per heavy atom. The summed E-state index contributed by atoms with van der Waals surface area (Å²) in [6.45, 7) is 9.23. The van der Waals surface area contributed by atoms with Gasteiger partial charge in [-0.3, -0.25) is 0 Å². The van der Waals surface area contributed by atoms with E-state index in [-0.39, 0.29) is 0 Å². The average Bonchev–Trinajstić information content (AvgIpc) is 2.21. The van der Waals surface area contributed by atoms with E-state index in [1.54, 1.807) is 0 Å². The molecule has 0 spiro atoms. The van der Waals surface area contributed by atoms with E-state index in [1.165, 1.54) is 51.4 Å². The number of hydrogen-bond donors (Lipinski definition) is 0. The molecule has 0 atom stereocenters. The summed E-state index contributed by atoms with van der Waals surface area (Å²) in [5.41, 5.74) is 0. The van der Waals surface area contributed by atoms with Gasteiger partial charge in [-0.2, -0.15) is 0 Å². The normalized spacial score (nSPS) is 12.4. The Kier molecular flexibility index (Phi) is 8.89. The molecule has 0 fully saturated rings. The molecule has 0 N–H and O–H groups in total. The Morgan fingerprint density at radius 1 is 0.933 bits per heavy atom. The van der Waals surface area contributed by atoms with Gasteiger partial charge >= 0.3 is 0 Å². The summed E-state index contributed by atoms with van der Waals surface area (Å²) in [4.78, 5) is 0. The van der Waals surface area contributed by atoms with Crippen molar-refractivity contribution in [2.75, 3.05) is 0 Å². The van der Waals surface area contributed by atoms with E-state index in [2.05, 4.69) is 43.6 Å². The SMILES string of the molecule is CCCCC(Br)(CCCC)CCC(C)C. The van der Waals surface area contributed by atoms with Gasteiger partial charge in [-0.05, 0) is 31.6 Å². The summed E-state index contributed by atoms with van der Waals surface area (Å²) in [5.74, 6) is 0.838. The summed E-state index contributed by atoms with van der Waals surface area (Å²) in [7, 11) is 0. The number of unbranched alkanes of at least 4 members (excludes halogenated alkanes) is 2. The third-order valence-corrected chi connectivity index (χ3v) is 4.32. The highest BCUT2D eigenvalue weighted by Gasteiger charge is 2.24. The molecule has 0 aromatic heterocycles. The Hall–Kier alpha value is 0.480. The standard InChI is InChI=1S/C14H29Br/c1-5-7-10-14(15,11-8-6-2)12-9-13(3)4/h13H,5-12H2,1-4H3. The Bertz CT molecular complexity index is 132. The summed E-state index contributed by atoms with van der Waals surface area (Å²) in [5, 5.41) is 0. The van der Waals surface area contributed by atoms with E-state index in [0.717, 1.165) is 5.92 Å². The number of alkyl halides is 1. The molecule has 1 heteroatoms. The van der Waals surface area contributed by atoms with Gasteiger partial charge in [-0.25, -0.2) is 0 Å². The lowest BCUT2D eigenvalue weighted by Crippen LogP contribution is -2.21. The Labute approximate surface area is 105 Å². The molecule has 0 aromatic rings. The minimum absolute atomic E-state index is 0.448. The predicted molar refractivity (Wildman–Crippen MR) is 74.8 cm³/mol. The molecular weight excluding hydrogens is 248 g/mol. The molecule has 0 unspecified atom stereocenters. The lowest BCUT2D eigenvalue weighted by Gasteiger charge is -2.28. The van der Waals surface area contributed by atoms with Gasteiger partial charge in [-0.15, -0.1) is 0 Å². The zero-order valence-corrected chi connectivity index (χ0v) is 12.7. The van der Waals surface area contributed by atoms with E-state index in [1.807, 2.05) is 0 Å². The van der Waals surface area contributed by atoms with Crippen molar-refractivity contribution in [2.24, 2.45) is 5.92 Å². The maximum Gasteiger partial charge on any atom is 0.0258 e. The average molecular weight is 277 g/mol. The number of hydrogen-bond acceptors (Lipinski definition) is 0. The Balaban J connectivity index is 4.01. The fourth-order valence-corrected chi connectivity index (χ4v) is 2.70. The largest absolute Gasteiger partial charge is 0.0853 e. The lowest BCUT2D eigenvalue weighted by molar-refractivity contribution is 0.406. The molecule has 0 radical (unpaired) electrons. The molecule has 0 saturated carbocycles. The molecular formula is C14H29Br. The molecule has 15 heavy (non-hydrogen) atoms. The second kappa shape index (κ2) is 8.61. The number of rotatable bonds is 9. The quantitative estimate of drug-likeness (QED) is 0.458. The molecule has 92 valence electrons.